The van der Waals surface area contributed by atoms with Gasteiger partial charge < -0.3 is 30.3 Å². The van der Waals surface area contributed by atoms with Gasteiger partial charge >= 0.3 is 12.1 Å². The van der Waals surface area contributed by atoms with Crippen LogP contribution in [0.3, 0.4) is 0 Å². The van der Waals surface area contributed by atoms with Gasteiger partial charge in [0.15, 0.2) is 6.10 Å². The Balaban J connectivity index is 1.61. The van der Waals surface area contributed by atoms with Gasteiger partial charge in [0, 0.05) is 26.1 Å². The summed E-state index contributed by atoms with van der Waals surface area (Å²) in [5.74, 6) is -2.22. The molecule has 0 saturated heterocycles. The molecule has 170 valence electrons. The molecule has 9 heteroatoms. The number of rotatable bonds is 10. The molecule has 0 bridgehead atoms. The number of aliphatic hydroxyl groups is 1. The van der Waals surface area contributed by atoms with Crippen molar-refractivity contribution >= 4 is 18.0 Å². The third-order valence-corrected chi connectivity index (χ3v) is 5.32. The lowest BCUT2D eigenvalue weighted by molar-refractivity contribution is -0.146. The van der Waals surface area contributed by atoms with Gasteiger partial charge in [-0.3, -0.25) is 4.79 Å². The minimum absolute atomic E-state index is 0.0935. The minimum Gasteiger partial charge on any atom is -0.479 e. The third-order valence-electron chi connectivity index (χ3n) is 5.32. The van der Waals surface area contributed by atoms with Crippen molar-refractivity contribution in [3.8, 4) is 11.1 Å². The average Bonchev–Trinajstić information content (AvgIpc) is 3.12. The normalized spacial score (nSPS) is 14.1. The Kier molecular flexibility index (Phi) is 7.80. The number of carbonyl (C=O) groups excluding carboxylic acids is 2. The first-order valence-corrected chi connectivity index (χ1v) is 10.2. The lowest BCUT2D eigenvalue weighted by Crippen LogP contribution is -2.49. The highest BCUT2D eigenvalue weighted by Crippen LogP contribution is 2.44. The number of carboxylic acid groups (broad SMARTS) is 1. The van der Waals surface area contributed by atoms with E-state index in [0.29, 0.717) is 0 Å². The zero-order valence-electron chi connectivity index (χ0n) is 17.6. The summed E-state index contributed by atoms with van der Waals surface area (Å²) in [5.41, 5.74) is 4.34. The van der Waals surface area contributed by atoms with Crippen LogP contribution in [0.15, 0.2) is 48.5 Å². The highest BCUT2D eigenvalue weighted by molar-refractivity contribution is 5.86. The fourth-order valence-electron chi connectivity index (χ4n) is 3.69. The molecule has 0 radical (unpaired) electrons. The zero-order valence-corrected chi connectivity index (χ0v) is 17.6. The number of hydrogen-bond acceptors (Lipinski definition) is 6. The second-order valence-electron chi connectivity index (χ2n) is 7.40. The van der Waals surface area contributed by atoms with Crippen LogP contribution in [0.2, 0.25) is 0 Å². The molecule has 4 N–H and O–H groups in total. The number of carbonyl (C=O) groups is 3. The van der Waals surface area contributed by atoms with Gasteiger partial charge in [0.05, 0.1) is 6.54 Å². The Morgan fingerprint density at radius 2 is 1.62 bits per heavy atom. The SMILES string of the molecule is COCCC(NC(=O)OCC1c2ccccc2-c2ccccc21)C(=O)NC[C@H](O)C(=O)O. The van der Waals surface area contributed by atoms with Crippen LogP contribution >= 0.6 is 0 Å². The van der Waals surface area contributed by atoms with Crippen molar-refractivity contribution in [2.75, 3.05) is 26.9 Å². The van der Waals surface area contributed by atoms with Gasteiger partial charge in [-0.2, -0.15) is 0 Å². The van der Waals surface area contributed by atoms with Gasteiger partial charge in [-0.05, 0) is 22.3 Å². The maximum absolute atomic E-state index is 12.5. The van der Waals surface area contributed by atoms with Crippen LogP contribution in [0.5, 0.6) is 0 Å². The van der Waals surface area contributed by atoms with Crippen molar-refractivity contribution in [2.24, 2.45) is 0 Å². The number of alkyl carbamates (subject to hydrolysis) is 1. The van der Waals surface area contributed by atoms with Crippen LogP contribution in [0.25, 0.3) is 11.1 Å². The predicted octanol–water partition coefficient (Wildman–Crippen LogP) is 1.49. The van der Waals surface area contributed by atoms with Crippen LogP contribution < -0.4 is 10.6 Å². The second-order valence-corrected chi connectivity index (χ2v) is 7.40. The molecule has 2 aromatic rings. The fraction of sp³-hybridized carbons (Fsp3) is 0.348. The number of benzene rings is 2. The summed E-state index contributed by atoms with van der Waals surface area (Å²) >= 11 is 0. The van der Waals surface area contributed by atoms with Crippen molar-refractivity contribution in [1.82, 2.24) is 10.6 Å². The molecule has 1 aliphatic carbocycles. The monoisotopic (exact) mass is 442 g/mol. The van der Waals surface area contributed by atoms with E-state index in [1.54, 1.807) is 0 Å². The van der Waals surface area contributed by atoms with E-state index < -0.39 is 36.7 Å². The van der Waals surface area contributed by atoms with Crippen molar-refractivity contribution in [3.05, 3.63) is 59.7 Å². The van der Waals surface area contributed by atoms with Gasteiger partial charge in [-0.25, -0.2) is 9.59 Å². The molecular weight excluding hydrogens is 416 g/mol. The van der Waals surface area contributed by atoms with Crippen LogP contribution in [-0.4, -0.2) is 67.2 Å². The number of carboxylic acids is 1. The second kappa shape index (κ2) is 10.7. The Bertz CT molecular complexity index is 933. The number of ether oxygens (including phenoxy) is 2. The number of nitrogens with one attached hydrogen (secondary N) is 2. The van der Waals surface area contributed by atoms with Gasteiger partial charge in [0.2, 0.25) is 5.91 Å². The summed E-state index contributed by atoms with van der Waals surface area (Å²) in [6, 6.07) is 14.9. The summed E-state index contributed by atoms with van der Waals surface area (Å²) in [6.07, 6.45) is -2.37. The van der Waals surface area contributed by atoms with Gasteiger partial charge in [-0.1, -0.05) is 48.5 Å². The van der Waals surface area contributed by atoms with Crippen LogP contribution in [-0.2, 0) is 19.1 Å². The van der Waals surface area contributed by atoms with Crippen molar-refractivity contribution in [2.45, 2.75) is 24.5 Å². The number of aliphatic hydroxyl groups excluding tert-OH is 1. The number of fused-ring (bicyclic) bond motifs is 3. The summed E-state index contributed by atoms with van der Waals surface area (Å²) in [6.45, 7) is -0.205. The van der Waals surface area contributed by atoms with E-state index >= 15 is 0 Å². The van der Waals surface area contributed by atoms with E-state index in [1.807, 2.05) is 48.5 Å². The number of aliphatic carboxylic acids is 1. The first-order chi connectivity index (χ1) is 15.4. The summed E-state index contributed by atoms with van der Waals surface area (Å²) in [7, 11) is 1.45. The molecule has 0 aliphatic heterocycles. The first kappa shape index (κ1) is 23.2. The van der Waals surface area contributed by atoms with E-state index in [9.17, 15) is 19.5 Å². The highest BCUT2D eigenvalue weighted by atomic mass is 16.5. The fourth-order valence-corrected chi connectivity index (χ4v) is 3.69. The average molecular weight is 442 g/mol. The topological polar surface area (TPSA) is 134 Å². The number of methoxy groups -OCH3 is 1. The van der Waals surface area contributed by atoms with Crippen molar-refractivity contribution in [3.63, 3.8) is 0 Å². The molecule has 3 rings (SSSR count). The molecule has 1 aliphatic rings. The standard InChI is InChI=1S/C23H26N2O7/c1-31-11-10-19(21(27)24-12-20(26)22(28)29)25-23(30)32-13-18-16-8-4-2-6-14(16)15-7-3-5-9-17(15)18/h2-9,18-20,26H,10-13H2,1H3,(H,24,27)(H,25,30)(H,28,29)/t19?,20-/m0/s1. The highest BCUT2D eigenvalue weighted by Gasteiger charge is 2.30. The van der Waals surface area contributed by atoms with Crippen LogP contribution in [0, 0.1) is 0 Å². The molecule has 2 aromatic carbocycles. The molecule has 0 spiro atoms. The maximum Gasteiger partial charge on any atom is 0.407 e. The molecule has 0 heterocycles. The zero-order chi connectivity index (χ0) is 23.1. The van der Waals surface area contributed by atoms with Crippen molar-refractivity contribution in [1.29, 1.82) is 0 Å². The van der Waals surface area contributed by atoms with Crippen LogP contribution in [0.4, 0.5) is 4.79 Å². The smallest absolute Gasteiger partial charge is 0.407 e. The largest absolute Gasteiger partial charge is 0.479 e. The Morgan fingerprint density at radius 3 is 2.19 bits per heavy atom. The molecule has 2 amide bonds. The maximum atomic E-state index is 12.5. The van der Waals surface area contributed by atoms with E-state index in [0.717, 1.165) is 22.3 Å². The van der Waals surface area contributed by atoms with E-state index in [-0.39, 0.29) is 25.6 Å². The molecule has 32 heavy (non-hydrogen) atoms. The van der Waals surface area contributed by atoms with E-state index in [1.165, 1.54) is 7.11 Å². The first-order valence-electron chi connectivity index (χ1n) is 10.2. The van der Waals surface area contributed by atoms with E-state index in [4.69, 9.17) is 14.6 Å². The van der Waals surface area contributed by atoms with Crippen molar-refractivity contribution < 1.29 is 34.1 Å². The molecule has 0 saturated carbocycles. The molecule has 0 fully saturated rings. The molecule has 9 nitrogen and oxygen atoms in total. The van der Waals surface area contributed by atoms with Gasteiger partial charge in [0.25, 0.3) is 0 Å². The van der Waals surface area contributed by atoms with Crippen LogP contribution in [0.1, 0.15) is 23.5 Å². The van der Waals surface area contributed by atoms with E-state index in [2.05, 4.69) is 10.6 Å². The lowest BCUT2D eigenvalue weighted by Gasteiger charge is -2.20. The quantitative estimate of drug-likeness (QED) is 0.438. The van der Waals surface area contributed by atoms with Gasteiger partial charge in [0.1, 0.15) is 12.6 Å². The Labute approximate surface area is 185 Å². The Morgan fingerprint density at radius 1 is 1.03 bits per heavy atom. The molecule has 0 aromatic heterocycles. The lowest BCUT2D eigenvalue weighted by atomic mass is 9.98. The number of hydrogen-bond donors (Lipinski definition) is 4. The predicted molar refractivity (Wildman–Crippen MR) is 115 cm³/mol. The number of amides is 2. The molecular formula is C23H26N2O7. The summed E-state index contributed by atoms with van der Waals surface area (Å²) in [5, 5.41) is 22.9. The summed E-state index contributed by atoms with van der Waals surface area (Å²) in [4.78, 5) is 35.5. The Hall–Kier alpha value is -3.43. The summed E-state index contributed by atoms with van der Waals surface area (Å²) < 4.78 is 10.4. The molecule has 2 atom stereocenters. The minimum atomic E-state index is -1.74. The van der Waals surface area contributed by atoms with Gasteiger partial charge in [-0.15, -0.1) is 0 Å². The third kappa shape index (κ3) is 5.43. The molecule has 1 unspecified atom stereocenters.